The molecule has 0 aliphatic heterocycles. The number of alkyl halides is 3. The van der Waals surface area contributed by atoms with Gasteiger partial charge in [-0.25, -0.2) is 9.97 Å². The molecule has 0 saturated heterocycles. The lowest BCUT2D eigenvalue weighted by Crippen LogP contribution is -2.15. The van der Waals surface area contributed by atoms with Gasteiger partial charge in [0, 0.05) is 6.42 Å². The predicted octanol–water partition coefficient (Wildman–Crippen LogP) is 2.34. The van der Waals surface area contributed by atoms with Crippen molar-refractivity contribution < 1.29 is 13.2 Å². The summed E-state index contributed by atoms with van der Waals surface area (Å²) in [6, 6.07) is 0. The molecular weight excluding hydrogens is 207 g/mol. The highest BCUT2D eigenvalue weighted by Gasteiger charge is 2.36. The van der Waals surface area contributed by atoms with Gasteiger partial charge in [-0.15, -0.1) is 0 Å². The van der Waals surface area contributed by atoms with E-state index in [0.717, 1.165) is 6.42 Å². The molecule has 0 fully saturated rings. The van der Waals surface area contributed by atoms with E-state index in [1.807, 2.05) is 6.92 Å². The Morgan fingerprint density at radius 1 is 1.27 bits per heavy atom. The zero-order valence-electron chi connectivity index (χ0n) is 8.52. The highest BCUT2D eigenvalue weighted by molar-refractivity contribution is 5.44. The van der Waals surface area contributed by atoms with Crippen molar-refractivity contribution in [2.75, 3.05) is 5.73 Å². The summed E-state index contributed by atoms with van der Waals surface area (Å²) in [4.78, 5) is 7.42. The van der Waals surface area contributed by atoms with Crippen molar-refractivity contribution in [1.82, 2.24) is 9.97 Å². The second-order valence-corrected chi connectivity index (χ2v) is 3.23. The average molecular weight is 219 g/mol. The Kier molecular flexibility index (Phi) is 3.16. The van der Waals surface area contributed by atoms with E-state index < -0.39 is 17.6 Å². The Morgan fingerprint density at radius 3 is 2.27 bits per heavy atom. The van der Waals surface area contributed by atoms with E-state index in [-0.39, 0.29) is 5.69 Å². The summed E-state index contributed by atoms with van der Waals surface area (Å²) >= 11 is 0. The van der Waals surface area contributed by atoms with Gasteiger partial charge in [-0.2, -0.15) is 13.2 Å². The highest BCUT2D eigenvalue weighted by Crippen LogP contribution is 2.34. The molecule has 15 heavy (non-hydrogen) atoms. The van der Waals surface area contributed by atoms with E-state index in [4.69, 9.17) is 5.73 Å². The summed E-state index contributed by atoms with van der Waals surface area (Å²) in [5, 5.41) is 0. The Labute approximate surface area is 85.5 Å². The monoisotopic (exact) mass is 219 g/mol. The lowest BCUT2D eigenvalue weighted by molar-refractivity contribution is -0.137. The summed E-state index contributed by atoms with van der Waals surface area (Å²) in [6.45, 7) is 3.19. The third kappa shape index (κ3) is 2.57. The van der Waals surface area contributed by atoms with E-state index in [1.54, 1.807) is 0 Å². The number of rotatable bonds is 2. The Balaban J connectivity index is 3.22. The number of hydrogen-bond donors (Lipinski definition) is 1. The van der Waals surface area contributed by atoms with Crippen LogP contribution >= 0.6 is 0 Å². The van der Waals surface area contributed by atoms with E-state index in [1.165, 1.54) is 6.92 Å². The number of nitrogen functional groups attached to an aromatic ring is 1. The van der Waals surface area contributed by atoms with Crippen LogP contribution < -0.4 is 5.73 Å². The molecule has 2 N–H and O–H groups in total. The van der Waals surface area contributed by atoms with Crippen LogP contribution in [0.1, 0.15) is 30.4 Å². The van der Waals surface area contributed by atoms with Crippen molar-refractivity contribution in [1.29, 1.82) is 0 Å². The number of aryl methyl sites for hydroxylation is 2. The van der Waals surface area contributed by atoms with Crippen LogP contribution in [0.15, 0.2) is 0 Å². The summed E-state index contributed by atoms with van der Waals surface area (Å²) < 4.78 is 37.4. The molecule has 0 bridgehead atoms. The topological polar surface area (TPSA) is 51.8 Å². The minimum atomic E-state index is -4.49. The van der Waals surface area contributed by atoms with Crippen molar-refractivity contribution in [3.63, 3.8) is 0 Å². The molecule has 1 heterocycles. The van der Waals surface area contributed by atoms with E-state index in [9.17, 15) is 13.2 Å². The third-order valence-corrected chi connectivity index (χ3v) is 1.92. The minimum Gasteiger partial charge on any atom is -0.383 e. The summed E-state index contributed by atoms with van der Waals surface area (Å²) in [5.41, 5.74) is 4.23. The molecule has 0 spiro atoms. The molecule has 0 aromatic carbocycles. The molecule has 1 aromatic heterocycles. The van der Waals surface area contributed by atoms with Gasteiger partial charge in [-0.3, -0.25) is 0 Å². The van der Waals surface area contributed by atoms with Crippen LogP contribution in [0.2, 0.25) is 0 Å². The highest BCUT2D eigenvalue weighted by atomic mass is 19.4. The van der Waals surface area contributed by atoms with Gasteiger partial charge in [0.05, 0.1) is 5.69 Å². The molecule has 6 heteroatoms. The van der Waals surface area contributed by atoms with Gasteiger partial charge >= 0.3 is 6.18 Å². The molecule has 1 rings (SSSR count). The standard InChI is InChI=1S/C9H12F3N3/c1-3-4-6-14-5(2)7(8(13)15-6)9(10,11)12/h3-4H2,1-2H3,(H2,13,14,15). The van der Waals surface area contributed by atoms with Gasteiger partial charge < -0.3 is 5.73 Å². The SMILES string of the molecule is CCCc1nc(C)c(C(F)(F)F)c(N)n1. The number of nitrogens with two attached hydrogens (primary N) is 1. The normalized spacial score (nSPS) is 11.8. The molecule has 0 saturated carbocycles. The first kappa shape index (κ1) is 11.7. The molecule has 84 valence electrons. The zero-order chi connectivity index (χ0) is 11.6. The predicted molar refractivity (Wildman–Crippen MR) is 50.2 cm³/mol. The van der Waals surface area contributed by atoms with Crippen molar-refractivity contribution in [2.24, 2.45) is 0 Å². The summed E-state index contributed by atoms with van der Waals surface area (Å²) in [5.74, 6) is -0.126. The van der Waals surface area contributed by atoms with Crippen LogP contribution in [0.25, 0.3) is 0 Å². The van der Waals surface area contributed by atoms with Gasteiger partial charge in [0.25, 0.3) is 0 Å². The number of hydrogen-bond acceptors (Lipinski definition) is 3. The second kappa shape index (κ2) is 4.04. The van der Waals surface area contributed by atoms with E-state index >= 15 is 0 Å². The molecule has 3 nitrogen and oxygen atoms in total. The maximum Gasteiger partial charge on any atom is 0.421 e. The lowest BCUT2D eigenvalue weighted by atomic mass is 10.2. The third-order valence-electron chi connectivity index (χ3n) is 1.92. The lowest BCUT2D eigenvalue weighted by Gasteiger charge is -2.12. The van der Waals surface area contributed by atoms with Crippen LogP contribution in [0.5, 0.6) is 0 Å². The summed E-state index contributed by atoms with van der Waals surface area (Å²) in [6.07, 6.45) is -3.19. The molecule has 0 aliphatic rings. The first-order chi connectivity index (χ1) is 6.86. The minimum absolute atomic E-state index is 0.113. The fourth-order valence-corrected chi connectivity index (χ4v) is 1.34. The van der Waals surface area contributed by atoms with Crippen molar-refractivity contribution in [3.05, 3.63) is 17.1 Å². The van der Waals surface area contributed by atoms with Crippen LogP contribution in [-0.4, -0.2) is 9.97 Å². The molecule has 0 atom stereocenters. The molecule has 0 amide bonds. The van der Waals surface area contributed by atoms with Crippen LogP contribution in [0.3, 0.4) is 0 Å². The van der Waals surface area contributed by atoms with Gasteiger partial charge in [0.15, 0.2) is 0 Å². The largest absolute Gasteiger partial charge is 0.421 e. The van der Waals surface area contributed by atoms with E-state index in [0.29, 0.717) is 12.2 Å². The van der Waals surface area contributed by atoms with Crippen LogP contribution in [-0.2, 0) is 12.6 Å². The van der Waals surface area contributed by atoms with Gasteiger partial charge in [-0.05, 0) is 13.3 Å². The van der Waals surface area contributed by atoms with Crippen molar-refractivity contribution >= 4 is 5.82 Å². The second-order valence-electron chi connectivity index (χ2n) is 3.23. The van der Waals surface area contributed by atoms with Gasteiger partial charge in [-0.1, -0.05) is 6.92 Å². The Hall–Kier alpha value is -1.33. The van der Waals surface area contributed by atoms with Gasteiger partial charge in [0.1, 0.15) is 17.2 Å². The maximum atomic E-state index is 12.5. The molecular formula is C9H12F3N3. The molecule has 0 aliphatic carbocycles. The smallest absolute Gasteiger partial charge is 0.383 e. The van der Waals surface area contributed by atoms with Crippen LogP contribution in [0, 0.1) is 6.92 Å². The quantitative estimate of drug-likeness (QED) is 0.830. The Morgan fingerprint density at radius 2 is 1.87 bits per heavy atom. The Bertz CT molecular complexity index is 337. The molecule has 1 aromatic rings. The first-order valence-electron chi connectivity index (χ1n) is 4.56. The van der Waals surface area contributed by atoms with Crippen molar-refractivity contribution in [3.8, 4) is 0 Å². The van der Waals surface area contributed by atoms with E-state index in [2.05, 4.69) is 9.97 Å². The number of aromatic nitrogens is 2. The fraction of sp³-hybridized carbons (Fsp3) is 0.556. The van der Waals surface area contributed by atoms with Crippen molar-refractivity contribution in [2.45, 2.75) is 32.9 Å². The number of halogens is 3. The summed E-state index contributed by atoms with van der Waals surface area (Å²) in [7, 11) is 0. The van der Waals surface area contributed by atoms with Crippen LogP contribution in [0.4, 0.5) is 19.0 Å². The average Bonchev–Trinajstić information content (AvgIpc) is 1.99. The maximum absolute atomic E-state index is 12.5. The fourth-order valence-electron chi connectivity index (χ4n) is 1.34. The van der Waals surface area contributed by atoms with Gasteiger partial charge in [0.2, 0.25) is 0 Å². The molecule has 0 radical (unpaired) electrons. The number of anilines is 1. The first-order valence-corrected chi connectivity index (χ1v) is 4.56. The molecule has 0 unspecified atom stereocenters. The zero-order valence-corrected chi connectivity index (χ0v) is 8.52. The number of nitrogens with zero attached hydrogens (tertiary/aromatic N) is 2.